The Morgan fingerprint density at radius 2 is 2.00 bits per heavy atom. The van der Waals surface area contributed by atoms with E-state index < -0.39 is 5.92 Å². The quantitative estimate of drug-likeness (QED) is 0.585. The lowest BCUT2D eigenvalue weighted by Crippen LogP contribution is -2.07. The fourth-order valence-electron chi connectivity index (χ4n) is 2.56. The monoisotopic (exact) mass is 358 g/mol. The topological polar surface area (TPSA) is 87.4 Å². The van der Waals surface area contributed by atoms with Crippen molar-refractivity contribution in [3.63, 3.8) is 0 Å². The lowest BCUT2D eigenvalue weighted by Gasteiger charge is -2.08. The Morgan fingerprint density at radius 1 is 1.08 bits per heavy atom. The van der Waals surface area contributed by atoms with E-state index in [2.05, 4.69) is 31.3 Å². The highest BCUT2D eigenvalue weighted by molar-refractivity contribution is 7.18. The molecule has 26 heavy (non-hydrogen) atoms. The number of fused-ring (bicyclic) bond motifs is 1. The normalized spacial score (nSPS) is 11.8. The molecule has 3 aromatic heterocycles. The molecule has 0 bridgehead atoms. The van der Waals surface area contributed by atoms with Gasteiger partial charge in [0.05, 0.1) is 22.0 Å². The van der Waals surface area contributed by atoms with Gasteiger partial charge in [0.15, 0.2) is 0 Å². The maximum atomic E-state index is 9.68. The van der Waals surface area contributed by atoms with Crippen LogP contribution < -0.4 is 5.32 Å². The fraction of sp³-hybridized carbons (Fsp3) is 0.105. The molecule has 4 rings (SSSR count). The van der Waals surface area contributed by atoms with Crippen LogP contribution in [-0.2, 0) is 6.54 Å². The van der Waals surface area contributed by atoms with Crippen LogP contribution in [0, 0.1) is 11.3 Å². The molecule has 0 saturated carbocycles. The Kier molecular flexibility index (Phi) is 4.50. The lowest BCUT2D eigenvalue weighted by molar-refractivity contribution is 0.925. The first-order chi connectivity index (χ1) is 12.8. The van der Waals surface area contributed by atoms with Gasteiger partial charge in [-0.1, -0.05) is 18.2 Å². The van der Waals surface area contributed by atoms with Gasteiger partial charge in [-0.25, -0.2) is 15.0 Å². The molecule has 1 aromatic carbocycles. The molecule has 0 amide bonds. The van der Waals surface area contributed by atoms with Crippen LogP contribution in [0.2, 0.25) is 0 Å². The number of nitrogens with one attached hydrogen (secondary N) is 1. The second-order valence-corrected chi connectivity index (χ2v) is 6.66. The van der Waals surface area contributed by atoms with Gasteiger partial charge in [-0.2, -0.15) is 5.26 Å². The first kappa shape index (κ1) is 16.1. The van der Waals surface area contributed by atoms with Crippen LogP contribution in [0.4, 0.5) is 5.95 Å². The second-order valence-electron chi connectivity index (χ2n) is 5.60. The zero-order valence-electron chi connectivity index (χ0n) is 13.7. The number of rotatable bonds is 5. The van der Waals surface area contributed by atoms with Gasteiger partial charge in [-0.05, 0) is 29.8 Å². The lowest BCUT2D eigenvalue weighted by atomic mass is 10.1. The molecule has 1 atom stereocenters. The number of hydrogen-bond donors (Lipinski definition) is 1. The molecular weight excluding hydrogens is 344 g/mol. The summed E-state index contributed by atoms with van der Waals surface area (Å²) in [5.41, 5.74) is 2.57. The van der Waals surface area contributed by atoms with Crippen LogP contribution in [0.3, 0.4) is 0 Å². The van der Waals surface area contributed by atoms with E-state index >= 15 is 0 Å². The number of benzene rings is 1. The highest BCUT2D eigenvalue weighted by Crippen LogP contribution is 2.30. The first-order valence-electron chi connectivity index (χ1n) is 8.04. The van der Waals surface area contributed by atoms with Gasteiger partial charge in [0, 0.05) is 25.1 Å². The third kappa shape index (κ3) is 3.36. The smallest absolute Gasteiger partial charge is 0.223 e. The maximum Gasteiger partial charge on any atom is 0.223 e. The third-order valence-electron chi connectivity index (χ3n) is 3.83. The van der Waals surface area contributed by atoms with E-state index in [0.717, 1.165) is 20.8 Å². The summed E-state index contributed by atoms with van der Waals surface area (Å²) >= 11 is 1.52. The van der Waals surface area contributed by atoms with Crippen LogP contribution in [0.1, 0.15) is 22.2 Å². The Morgan fingerprint density at radius 3 is 2.81 bits per heavy atom. The molecule has 126 valence electrons. The van der Waals surface area contributed by atoms with E-state index in [1.807, 2.05) is 36.4 Å². The summed E-state index contributed by atoms with van der Waals surface area (Å²) in [5.74, 6) is -0.0398. The maximum absolute atomic E-state index is 9.68. The molecule has 7 heteroatoms. The van der Waals surface area contributed by atoms with Crippen molar-refractivity contribution >= 4 is 27.5 Å². The molecule has 0 fully saturated rings. The average Bonchev–Trinajstić information content (AvgIpc) is 3.12. The number of anilines is 1. The van der Waals surface area contributed by atoms with Crippen LogP contribution in [0.15, 0.2) is 61.1 Å². The largest absolute Gasteiger partial charge is 0.350 e. The molecule has 0 saturated heterocycles. The molecule has 0 aliphatic rings. The number of nitrogens with zero attached hydrogens (tertiary/aromatic N) is 5. The average molecular weight is 358 g/mol. The van der Waals surface area contributed by atoms with E-state index in [0.29, 0.717) is 18.2 Å². The van der Waals surface area contributed by atoms with E-state index in [-0.39, 0.29) is 0 Å². The van der Waals surface area contributed by atoms with E-state index in [9.17, 15) is 5.26 Å². The Hall–Kier alpha value is -3.37. The van der Waals surface area contributed by atoms with Crippen LogP contribution in [-0.4, -0.2) is 19.9 Å². The van der Waals surface area contributed by atoms with Crippen molar-refractivity contribution in [1.82, 2.24) is 19.9 Å². The number of para-hydroxylation sites is 1. The third-order valence-corrected chi connectivity index (χ3v) is 4.93. The predicted molar refractivity (Wildman–Crippen MR) is 101 cm³/mol. The van der Waals surface area contributed by atoms with Gasteiger partial charge >= 0.3 is 0 Å². The molecule has 3 heterocycles. The molecule has 0 spiro atoms. The summed E-state index contributed by atoms with van der Waals surface area (Å²) in [7, 11) is 0. The minimum atomic E-state index is -0.519. The summed E-state index contributed by atoms with van der Waals surface area (Å²) in [6.45, 7) is 0.565. The second kappa shape index (κ2) is 7.25. The van der Waals surface area contributed by atoms with E-state index in [1.54, 1.807) is 24.7 Å². The van der Waals surface area contributed by atoms with Gasteiger partial charge in [-0.15, -0.1) is 11.3 Å². The molecule has 0 aliphatic heterocycles. The number of hydrogen-bond acceptors (Lipinski definition) is 7. The highest BCUT2D eigenvalue weighted by Gasteiger charge is 2.20. The number of thiazole rings is 1. The van der Waals surface area contributed by atoms with Gasteiger partial charge in [0.25, 0.3) is 0 Å². The summed E-state index contributed by atoms with van der Waals surface area (Å²) in [6.07, 6.45) is 5.18. The van der Waals surface area contributed by atoms with Gasteiger partial charge in [-0.3, -0.25) is 4.98 Å². The zero-order chi connectivity index (χ0) is 17.8. The number of pyridine rings is 1. The minimum Gasteiger partial charge on any atom is -0.350 e. The van der Waals surface area contributed by atoms with Crippen molar-refractivity contribution in [2.75, 3.05) is 5.32 Å². The van der Waals surface area contributed by atoms with E-state index in [1.165, 1.54) is 11.3 Å². The summed E-state index contributed by atoms with van der Waals surface area (Å²) in [4.78, 5) is 17.4. The molecule has 1 N–H and O–H groups in total. The number of nitriles is 1. The van der Waals surface area contributed by atoms with Crippen LogP contribution in [0.25, 0.3) is 10.2 Å². The predicted octanol–water partition coefficient (Wildman–Crippen LogP) is 3.75. The molecule has 4 aromatic rings. The highest BCUT2D eigenvalue weighted by atomic mass is 32.1. The van der Waals surface area contributed by atoms with Crippen LogP contribution in [0.5, 0.6) is 0 Å². The van der Waals surface area contributed by atoms with Gasteiger partial charge in [0.1, 0.15) is 10.9 Å². The standard InChI is InChI=1S/C19H14N6S/c20-10-14(18-24-16-5-1-2-6-17(16)26-18)15-7-9-22-19(25-15)23-12-13-4-3-8-21-11-13/h1-9,11,14H,12H2,(H,22,23,25). The molecule has 1 unspecified atom stereocenters. The van der Waals surface area contributed by atoms with Crippen LogP contribution >= 0.6 is 11.3 Å². The Bertz CT molecular complexity index is 1040. The van der Waals surface area contributed by atoms with Crippen molar-refractivity contribution < 1.29 is 0 Å². The van der Waals surface area contributed by atoms with Gasteiger partial charge in [0.2, 0.25) is 5.95 Å². The van der Waals surface area contributed by atoms with E-state index in [4.69, 9.17) is 0 Å². The van der Waals surface area contributed by atoms with Gasteiger partial charge < -0.3 is 5.32 Å². The van der Waals surface area contributed by atoms with Crippen molar-refractivity contribution in [2.45, 2.75) is 12.5 Å². The Balaban J connectivity index is 1.58. The van der Waals surface area contributed by atoms with Crippen molar-refractivity contribution in [3.05, 3.63) is 77.3 Å². The molecule has 0 aliphatic carbocycles. The molecule has 6 nitrogen and oxygen atoms in total. The summed E-state index contributed by atoms with van der Waals surface area (Å²) in [5, 5.41) is 13.6. The van der Waals surface area contributed by atoms with Crippen molar-refractivity contribution in [1.29, 1.82) is 5.26 Å². The summed E-state index contributed by atoms with van der Waals surface area (Å²) in [6, 6.07) is 15.8. The zero-order valence-corrected chi connectivity index (χ0v) is 14.5. The number of aromatic nitrogens is 4. The SMILES string of the molecule is N#CC(c1ccnc(NCc2cccnc2)n1)c1nc2ccccc2s1. The first-order valence-corrected chi connectivity index (χ1v) is 8.86. The molecular formula is C19H14N6S. The Labute approximate surface area is 154 Å². The summed E-state index contributed by atoms with van der Waals surface area (Å²) < 4.78 is 1.06. The molecule has 0 radical (unpaired) electrons. The van der Waals surface area contributed by atoms with Crippen molar-refractivity contribution in [3.8, 4) is 6.07 Å². The fourth-order valence-corrected chi connectivity index (χ4v) is 3.59. The minimum absolute atomic E-state index is 0.479. The van der Waals surface area contributed by atoms with Crippen molar-refractivity contribution in [2.24, 2.45) is 0 Å².